The van der Waals surface area contributed by atoms with E-state index < -0.39 is 5.97 Å². The van der Waals surface area contributed by atoms with Gasteiger partial charge >= 0.3 is 5.97 Å². The van der Waals surface area contributed by atoms with Crippen molar-refractivity contribution in [2.24, 2.45) is 10.2 Å². The van der Waals surface area contributed by atoms with E-state index in [1.54, 1.807) is 30.3 Å². The Labute approximate surface area is 114 Å². The Morgan fingerprint density at radius 3 is 2.42 bits per heavy atom. The van der Waals surface area contributed by atoms with Gasteiger partial charge in [0, 0.05) is 10.7 Å². The van der Waals surface area contributed by atoms with E-state index in [0.29, 0.717) is 16.4 Å². The quantitative estimate of drug-likeness (QED) is 0.654. The van der Waals surface area contributed by atoms with Crippen LogP contribution < -0.4 is 5.73 Å². The fourth-order valence-electron chi connectivity index (χ4n) is 1.45. The first-order valence-electron chi connectivity index (χ1n) is 5.36. The summed E-state index contributed by atoms with van der Waals surface area (Å²) in [7, 11) is 0. The molecule has 0 spiro atoms. The van der Waals surface area contributed by atoms with Crippen molar-refractivity contribution in [2.75, 3.05) is 5.73 Å². The molecule has 0 fully saturated rings. The average Bonchev–Trinajstić information content (AvgIpc) is 2.37. The molecule has 5 nitrogen and oxygen atoms in total. The van der Waals surface area contributed by atoms with E-state index in [0.717, 1.165) is 0 Å². The lowest BCUT2D eigenvalue weighted by Gasteiger charge is -2.00. The number of nitrogens with two attached hydrogens (primary N) is 1. The van der Waals surface area contributed by atoms with Crippen molar-refractivity contribution in [3.63, 3.8) is 0 Å². The highest BCUT2D eigenvalue weighted by molar-refractivity contribution is 6.30. The molecule has 0 saturated carbocycles. The molecule has 3 N–H and O–H groups in total. The van der Waals surface area contributed by atoms with Crippen LogP contribution in [-0.2, 0) is 0 Å². The fourth-order valence-corrected chi connectivity index (χ4v) is 1.63. The van der Waals surface area contributed by atoms with Crippen molar-refractivity contribution in [1.82, 2.24) is 0 Å². The maximum absolute atomic E-state index is 10.9. The molecular formula is C13H10ClN3O2. The monoisotopic (exact) mass is 275 g/mol. The normalized spacial score (nSPS) is 10.8. The van der Waals surface area contributed by atoms with Crippen molar-refractivity contribution in [1.29, 1.82) is 0 Å². The van der Waals surface area contributed by atoms with Gasteiger partial charge in [0.05, 0.1) is 16.9 Å². The third-order valence-electron chi connectivity index (χ3n) is 2.36. The summed E-state index contributed by atoms with van der Waals surface area (Å²) < 4.78 is 0. The van der Waals surface area contributed by atoms with Crippen LogP contribution in [0.1, 0.15) is 10.4 Å². The number of hydrogen-bond donors (Lipinski definition) is 2. The number of benzene rings is 2. The molecule has 0 bridgehead atoms. The minimum atomic E-state index is -1.10. The van der Waals surface area contributed by atoms with Crippen molar-refractivity contribution in [3.05, 3.63) is 53.1 Å². The second-order valence-electron chi connectivity index (χ2n) is 3.76. The topological polar surface area (TPSA) is 88.0 Å². The van der Waals surface area contributed by atoms with E-state index in [1.165, 1.54) is 12.1 Å². The molecule has 19 heavy (non-hydrogen) atoms. The minimum Gasteiger partial charge on any atom is -0.478 e. The Balaban J connectivity index is 2.29. The van der Waals surface area contributed by atoms with E-state index in [4.69, 9.17) is 22.4 Å². The van der Waals surface area contributed by atoms with E-state index >= 15 is 0 Å². The first-order valence-corrected chi connectivity index (χ1v) is 5.74. The second-order valence-corrected chi connectivity index (χ2v) is 4.19. The molecule has 0 amide bonds. The fraction of sp³-hybridized carbons (Fsp3) is 0. The van der Waals surface area contributed by atoms with Gasteiger partial charge in [0.15, 0.2) is 0 Å². The van der Waals surface area contributed by atoms with Crippen LogP contribution in [0.25, 0.3) is 0 Å². The van der Waals surface area contributed by atoms with Crippen LogP contribution in [-0.4, -0.2) is 11.1 Å². The van der Waals surface area contributed by atoms with E-state index in [9.17, 15) is 4.79 Å². The number of nitrogens with zero attached hydrogens (tertiary/aromatic N) is 2. The van der Waals surface area contributed by atoms with Gasteiger partial charge in [-0.15, -0.1) is 0 Å². The number of hydrogen-bond acceptors (Lipinski definition) is 4. The zero-order valence-electron chi connectivity index (χ0n) is 9.75. The predicted molar refractivity (Wildman–Crippen MR) is 73.4 cm³/mol. The molecule has 0 saturated heterocycles. The first kappa shape index (κ1) is 13.0. The number of halogens is 1. The van der Waals surface area contributed by atoms with Gasteiger partial charge in [0.25, 0.3) is 0 Å². The SMILES string of the molecule is Nc1ccc(/N=N/c2cccc(Cl)c2)cc1C(=O)O. The van der Waals surface area contributed by atoms with Gasteiger partial charge in [-0.1, -0.05) is 17.7 Å². The molecule has 0 unspecified atom stereocenters. The molecule has 0 heterocycles. The van der Waals surface area contributed by atoms with Crippen LogP contribution in [0.3, 0.4) is 0 Å². The average molecular weight is 276 g/mol. The molecule has 0 atom stereocenters. The Bertz CT molecular complexity index is 656. The lowest BCUT2D eigenvalue weighted by atomic mass is 10.1. The Morgan fingerprint density at radius 1 is 1.11 bits per heavy atom. The van der Waals surface area contributed by atoms with Crippen molar-refractivity contribution >= 4 is 34.6 Å². The summed E-state index contributed by atoms with van der Waals surface area (Å²) in [6.07, 6.45) is 0. The molecular weight excluding hydrogens is 266 g/mol. The lowest BCUT2D eigenvalue weighted by molar-refractivity contribution is 0.0698. The highest BCUT2D eigenvalue weighted by Gasteiger charge is 2.08. The number of azo groups is 1. The predicted octanol–water partition coefficient (Wildman–Crippen LogP) is 4.04. The van der Waals surface area contributed by atoms with E-state index in [1.807, 2.05) is 0 Å². The van der Waals surface area contributed by atoms with Crippen LogP contribution in [0, 0.1) is 0 Å². The summed E-state index contributed by atoms with van der Waals surface area (Å²) in [5.41, 5.74) is 6.73. The smallest absolute Gasteiger partial charge is 0.337 e. The summed E-state index contributed by atoms with van der Waals surface area (Å²) in [4.78, 5) is 10.9. The van der Waals surface area contributed by atoms with Gasteiger partial charge < -0.3 is 10.8 Å². The summed E-state index contributed by atoms with van der Waals surface area (Å²) >= 11 is 5.82. The molecule has 2 aromatic rings. The van der Waals surface area contributed by atoms with Crippen LogP contribution in [0.2, 0.25) is 5.02 Å². The number of aromatic carboxylic acids is 1. The zero-order chi connectivity index (χ0) is 13.8. The summed E-state index contributed by atoms with van der Waals surface area (Å²) in [6, 6.07) is 11.3. The molecule has 0 aromatic heterocycles. The lowest BCUT2D eigenvalue weighted by Crippen LogP contribution is -2.01. The maximum atomic E-state index is 10.9. The van der Waals surface area contributed by atoms with Crippen molar-refractivity contribution in [2.45, 2.75) is 0 Å². The molecule has 2 rings (SSSR count). The van der Waals surface area contributed by atoms with Crippen LogP contribution in [0.15, 0.2) is 52.7 Å². The second kappa shape index (κ2) is 5.49. The maximum Gasteiger partial charge on any atom is 0.337 e. The van der Waals surface area contributed by atoms with E-state index in [2.05, 4.69) is 10.2 Å². The molecule has 0 aliphatic carbocycles. The highest BCUT2D eigenvalue weighted by atomic mass is 35.5. The Hall–Kier alpha value is -2.40. The highest BCUT2D eigenvalue weighted by Crippen LogP contribution is 2.24. The van der Waals surface area contributed by atoms with Crippen LogP contribution >= 0.6 is 11.6 Å². The summed E-state index contributed by atoms with van der Waals surface area (Å²) in [5, 5.41) is 17.4. The summed E-state index contributed by atoms with van der Waals surface area (Å²) in [6.45, 7) is 0. The van der Waals surface area contributed by atoms with Gasteiger partial charge in [-0.2, -0.15) is 10.2 Å². The molecule has 0 radical (unpaired) electrons. The standard InChI is InChI=1S/C13H10ClN3O2/c14-8-2-1-3-9(6-8)16-17-10-4-5-12(15)11(7-10)13(18)19/h1-7H,15H2,(H,18,19)/b17-16+. The van der Waals surface area contributed by atoms with Gasteiger partial charge in [-0.25, -0.2) is 4.79 Å². The van der Waals surface area contributed by atoms with Gasteiger partial charge in [0.1, 0.15) is 0 Å². The third-order valence-corrected chi connectivity index (χ3v) is 2.59. The Kier molecular flexibility index (Phi) is 3.77. The largest absolute Gasteiger partial charge is 0.478 e. The summed E-state index contributed by atoms with van der Waals surface area (Å²) in [5.74, 6) is -1.10. The Morgan fingerprint density at radius 2 is 1.79 bits per heavy atom. The molecule has 2 aromatic carbocycles. The van der Waals surface area contributed by atoms with Gasteiger partial charge in [-0.05, 0) is 36.4 Å². The number of carboxylic acids is 1. The van der Waals surface area contributed by atoms with Gasteiger partial charge in [-0.3, -0.25) is 0 Å². The number of nitrogen functional groups attached to an aromatic ring is 1. The molecule has 0 aliphatic rings. The third kappa shape index (κ3) is 3.29. The molecule has 6 heteroatoms. The number of carbonyl (C=O) groups is 1. The molecule has 96 valence electrons. The number of rotatable bonds is 3. The number of carboxylic acid groups (broad SMARTS) is 1. The van der Waals surface area contributed by atoms with Crippen molar-refractivity contribution in [3.8, 4) is 0 Å². The van der Waals surface area contributed by atoms with E-state index in [-0.39, 0.29) is 11.3 Å². The van der Waals surface area contributed by atoms with Crippen molar-refractivity contribution < 1.29 is 9.90 Å². The van der Waals surface area contributed by atoms with Crippen LogP contribution in [0.5, 0.6) is 0 Å². The zero-order valence-corrected chi connectivity index (χ0v) is 10.5. The minimum absolute atomic E-state index is 0.00236. The first-order chi connectivity index (χ1) is 9.06. The number of anilines is 1. The van der Waals surface area contributed by atoms with Gasteiger partial charge in [0.2, 0.25) is 0 Å². The van der Waals surface area contributed by atoms with Crippen LogP contribution in [0.4, 0.5) is 17.1 Å². The molecule has 0 aliphatic heterocycles.